The summed E-state index contributed by atoms with van der Waals surface area (Å²) in [5, 5.41) is 0. The van der Waals surface area contributed by atoms with Crippen molar-refractivity contribution in [3.05, 3.63) is 6.42 Å². The number of hydrogen-bond acceptors (Lipinski definition) is 1. The Bertz CT molecular complexity index is 61.5. The molecule has 1 radical (unpaired) electrons. The molecule has 0 atom stereocenters. The second-order valence-corrected chi connectivity index (χ2v) is 3.23. The zero-order chi connectivity index (χ0) is 7.33. The number of ether oxygens (including phenoxy) is 1. The van der Waals surface area contributed by atoms with Crippen molar-refractivity contribution < 1.29 is 4.74 Å². The van der Waals surface area contributed by atoms with Gasteiger partial charge in [0.2, 0.25) is 0 Å². The first-order chi connectivity index (χ1) is 4.06. The van der Waals surface area contributed by atoms with Gasteiger partial charge in [-0.05, 0) is 18.8 Å². The van der Waals surface area contributed by atoms with Crippen molar-refractivity contribution >= 4 is 0 Å². The second kappa shape index (κ2) is 3.89. The Kier molecular flexibility index (Phi) is 3.87. The summed E-state index contributed by atoms with van der Waals surface area (Å²) in [5.74, 6) is 0. The highest BCUT2D eigenvalue weighted by Crippen LogP contribution is 2.16. The summed E-state index contributed by atoms with van der Waals surface area (Å²) in [6.45, 7) is 10.1. The van der Waals surface area contributed by atoms with Gasteiger partial charge in [0, 0.05) is 6.61 Å². The Morgan fingerprint density at radius 2 is 1.89 bits per heavy atom. The molecule has 0 aromatic rings. The quantitative estimate of drug-likeness (QED) is 0.531. The molecule has 55 valence electrons. The molecule has 0 aromatic carbocycles. The van der Waals surface area contributed by atoms with E-state index in [1.165, 1.54) is 0 Å². The van der Waals surface area contributed by atoms with Crippen LogP contribution in [0.5, 0.6) is 0 Å². The van der Waals surface area contributed by atoms with Gasteiger partial charge in [-0.25, -0.2) is 0 Å². The predicted octanol–water partition coefficient (Wildman–Crippen LogP) is 2.27. The predicted molar refractivity (Wildman–Crippen MR) is 40.2 cm³/mol. The van der Waals surface area contributed by atoms with Crippen molar-refractivity contribution in [2.24, 2.45) is 5.41 Å². The lowest BCUT2D eigenvalue weighted by Crippen LogP contribution is -2.10. The minimum Gasteiger partial charge on any atom is -0.381 e. The fourth-order valence-corrected chi connectivity index (χ4v) is 0.427. The standard InChI is InChI=1S/C8H17O/c1-5-9-7-6-8(2,3)4/h6H,5,7H2,1-4H3. The molecule has 0 bridgehead atoms. The van der Waals surface area contributed by atoms with E-state index in [2.05, 4.69) is 27.2 Å². The molecule has 0 saturated heterocycles. The molecule has 0 amide bonds. The molecule has 1 nitrogen and oxygen atoms in total. The Labute approximate surface area is 58.4 Å². The first-order valence-corrected chi connectivity index (χ1v) is 3.48. The van der Waals surface area contributed by atoms with Crippen molar-refractivity contribution in [3.63, 3.8) is 0 Å². The van der Waals surface area contributed by atoms with Crippen LogP contribution in [0, 0.1) is 11.8 Å². The van der Waals surface area contributed by atoms with Crippen molar-refractivity contribution in [2.75, 3.05) is 13.2 Å². The van der Waals surface area contributed by atoms with Crippen LogP contribution >= 0.6 is 0 Å². The summed E-state index contributed by atoms with van der Waals surface area (Å²) < 4.78 is 5.15. The first-order valence-electron chi connectivity index (χ1n) is 3.48. The molecule has 0 aromatic heterocycles. The first kappa shape index (κ1) is 8.96. The molecule has 9 heavy (non-hydrogen) atoms. The Morgan fingerprint density at radius 3 is 2.22 bits per heavy atom. The summed E-state index contributed by atoms with van der Waals surface area (Å²) in [7, 11) is 0. The van der Waals surface area contributed by atoms with Crippen LogP contribution < -0.4 is 0 Å². The van der Waals surface area contributed by atoms with E-state index in [0.717, 1.165) is 13.2 Å². The molecular weight excluding hydrogens is 112 g/mol. The van der Waals surface area contributed by atoms with E-state index in [1.54, 1.807) is 0 Å². The van der Waals surface area contributed by atoms with Crippen molar-refractivity contribution in [3.8, 4) is 0 Å². The summed E-state index contributed by atoms with van der Waals surface area (Å²) >= 11 is 0. The van der Waals surface area contributed by atoms with Crippen LogP contribution in [0.4, 0.5) is 0 Å². The van der Waals surface area contributed by atoms with E-state index in [1.807, 2.05) is 6.92 Å². The number of rotatable bonds is 3. The summed E-state index contributed by atoms with van der Waals surface area (Å²) in [4.78, 5) is 0. The maximum atomic E-state index is 5.15. The summed E-state index contributed by atoms with van der Waals surface area (Å²) in [6.07, 6.45) is 2.18. The van der Waals surface area contributed by atoms with E-state index in [0.29, 0.717) is 5.41 Å². The molecular formula is C8H17O. The molecule has 0 N–H and O–H groups in total. The SMILES string of the molecule is CCOC[CH]C(C)(C)C. The Hall–Kier alpha value is -0.0400. The lowest BCUT2D eigenvalue weighted by Gasteiger charge is -2.16. The summed E-state index contributed by atoms with van der Waals surface area (Å²) in [5.41, 5.74) is 0.301. The molecule has 0 saturated carbocycles. The van der Waals surface area contributed by atoms with Gasteiger partial charge >= 0.3 is 0 Å². The molecule has 0 rings (SSSR count). The minimum absolute atomic E-state index is 0.301. The maximum absolute atomic E-state index is 5.15. The van der Waals surface area contributed by atoms with E-state index in [4.69, 9.17) is 4.74 Å². The average Bonchev–Trinajstić information content (AvgIpc) is 1.63. The maximum Gasteiger partial charge on any atom is 0.0502 e. The highest BCUT2D eigenvalue weighted by molar-refractivity contribution is 4.79. The van der Waals surface area contributed by atoms with Crippen LogP contribution in [0.15, 0.2) is 0 Å². The Balaban J connectivity index is 3.07. The van der Waals surface area contributed by atoms with Gasteiger partial charge in [0.15, 0.2) is 0 Å². The van der Waals surface area contributed by atoms with E-state index >= 15 is 0 Å². The monoisotopic (exact) mass is 129 g/mol. The molecule has 0 fully saturated rings. The van der Waals surface area contributed by atoms with Crippen LogP contribution in [0.25, 0.3) is 0 Å². The van der Waals surface area contributed by atoms with Gasteiger partial charge in [0.05, 0.1) is 6.61 Å². The highest BCUT2D eigenvalue weighted by atomic mass is 16.5. The van der Waals surface area contributed by atoms with E-state index in [9.17, 15) is 0 Å². The van der Waals surface area contributed by atoms with E-state index in [-0.39, 0.29) is 0 Å². The van der Waals surface area contributed by atoms with Crippen LogP contribution in [0.3, 0.4) is 0 Å². The fourth-order valence-electron chi connectivity index (χ4n) is 0.427. The van der Waals surface area contributed by atoms with Gasteiger partial charge in [-0.15, -0.1) is 0 Å². The molecule has 0 spiro atoms. The van der Waals surface area contributed by atoms with Gasteiger partial charge in [0.25, 0.3) is 0 Å². The third-order valence-corrected chi connectivity index (χ3v) is 1.02. The van der Waals surface area contributed by atoms with Gasteiger partial charge in [0.1, 0.15) is 0 Å². The van der Waals surface area contributed by atoms with Crippen molar-refractivity contribution in [1.29, 1.82) is 0 Å². The van der Waals surface area contributed by atoms with Crippen LogP contribution in [-0.2, 0) is 4.74 Å². The van der Waals surface area contributed by atoms with Gasteiger partial charge in [-0.1, -0.05) is 20.8 Å². The van der Waals surface area contributed by atoms with Crippen LogP contribution in [0.2, 0.25) is 0 Å². The summed E-state index contributed by atoms with van der Waals surface area (Å²) in [6, 6.07) is 0. The zero-order valence-electron chi connectivity index (χ0n) is 6.90. The third kappa shape index (κ3) is 7.96. The Morgan fingerprint density at radius 1 is 1.33 bits per heavy atom. The van der Waals surface area contributed by atoms with Crippen LogP contribution in [-0.4, -0.2) is 13.2 Å². The van der Waals surface area contributed by atoms with Crippen molar-refractivity contribution in [1.82, 2.24) is 0 Å². The average molecular weight is 129 g/mol. The molecule has 0 aliphatic heterocycles. The minimum atomic E-state index is 0.301. The lowest BCUT2D eigenvalue weighted by atomic mass is 9.93. The molecule has 0 unspecified atom stereocenters. The van der Waals surface area contributed by atoms with Gasteiger partial charge in [-0.2, -0.15) is 0 Å². The fraction of sp³-hybridized carbons (Fsp3) is 0.875. The smallest absolute Gasteiger partial charge is 0.0502 e. The van der Waals surface area contributed by atoms with Gasteiger partial charge < -0.3 is 4.74 Å². The molecule has 0 aliphatic carbocycles. The van der Waals surface area contributed by atoms with E-state index < -0.39 is 0 Å². The lowest BCUT2D eigenvalue weighted by molar-refractivity contribution is 0.154. The third-order valence-electron chi connectivity index (χ3n) is 1.02. The normalized spacial score (nSPS) is 12.0. The van der Waals surface area contributed by atoms with Crippen molar-refractivity contribution in [2.45, 2.75) is 27.7 Å². The molecule has 1 heteroatoms. The number of hydrogen-bond donors (Lipinski definition) is 0. The second-order valence-electron chi connectivity index (χ2n) is 3.23. The largest absolute Gasteiger partial charge is 0.381 e. The molecule has 0 heterocycles. The topological polar surface area (TPSA) is 9.23 Å². The molecule has 0 aliphatic rings. The van der Waals surface area contributed by atoms with Gasteiger partial charge in [-0.3, -0.25) is 0 Å². The van der Waals surface area contributed by atoms with Crippen LogP contribution in [0.1, 0.15) is 27.7 Å². The highest BCUT2D eigenvalue weighted by Gasteiger charge is 2.08. The zero-order valence-corrected chi connectivity index (χ0v) is 6.90.